The molecule has 0 saturated heterocycles. The number of carbonyl (C=O) groups is 2. The molecule has 0 aliphatic carbocycles. The number of thiazole rings is 1. The summed E-state index contributed by atoms with van der Waals surface area (Å²) in [5.41, 5.74) is 0.376. The minimum absolute atomic E-state index is 0.260. The first-order valence-corrected chi connectivity index (χ1v) is 9.04. The van der Waals surface area contributed by atoms with E-state index in [9.17, 15) is 9.59 Å². The molecule has 2 amide bonds. The average Bonchev–Trinajstić information content (AvgIpc) is 3.12. The predicted molar refractivity (Wildman–Crippen MR) is 90.5 cm³/mol. The number of nitrogens with one attached hydrogen (secondary N) is 2. The summed E-state index contributed by atoms with van der Waals surface area (Å²) < 4.78 is 5.71. The van der Waals surface area contributed by atoms with E-state index in [4.69, 9.17) is 4.74 Å². The van der Waals surface area contributed by atoms with Crippen molar-refractivity contribution in [2.45, 2.75) is 6.92 Å². The van der Waals surface area contributed by atoms with Gasteiger partial charge in [-0.3, -0.25) is 4.79 Å². The molecule has 0 aromatic carbocycles. The van der Waals surface area contributed by atoms with E-state index in [1.807, 2.05) is 11.4 Å². The third-order valence-corrected chi connectivity index (χ3v) is 5.17. The molecule has 0 aliphatic rings. The molecule has 0 bridgehead atoms. The van der Waals surface area contributed by atoms with Gasteiger partial charge in [-0.15, -0.1) is 22.7 Å². The van der Waals surface area contributed by atoms with Gasteiger partial charge in [0.05, 0.1) is 11.5 Å². The molecule has 22 heavy (non-hydrogen) atoms. The minimum atomic E-state index is -0.490. The lowest BCUT2D eigenvalue weighted by Gasteiger charge is -2.05. The number of carbonyl (C=O) groups excluding carboxylic acids is 2. The lowest BCUT2D eigenvalue weighted by molar-refractivity contribution is 0.0948. The molecule has 0 spiro atoms. The van der Waals surface area contributed by atoms with Crippen molar-refractivity contribution in [1.82, 2.24) is 15.6 Å². The minimum Gasteiger partial charge on any atom is -0.450 e. The van der Waals surface area contributed by atoms with Crippen LogP contribution >= 0.6 is 38.6 Å². The van der Waals surface area contributed by atoms with Gasteiger partial charge in [0.1, 0.15) is 10.7 Å². The van der Waals surface area contributed by atoms with Crippen LogP contribution in [0.25, 0.3) is 9.88 Å². The zero-order chi connectivity index (χ0) is 15.9. The maximum Gasteiger partial charge on any atom is 0.407 e. The SMILES string of the molecule is CCOC(=O)NCCNC(=O)c1csc(-c2cc(Br)cs2)n1. The van der Waals surface area contributed by atoms with Crippen LogP contribution in [0.4, 0.5) is 4.79 Å². The van der Waals surface area contributed by atoms with Crippen LogP contribution in [-0.2, 0) is 4.74 Å². The van der Waals surface area contributed by atoms with Gasteiger partial charge in [-0.25, -0.2) is 9.78 Å². The van der Waals surface area contributed by atoms with Gasteiger partial charge in [-0.1, -0.05) is 0 Å². The Morgan fingerprint density at radius 1 is 1.27 bits per heavy atom. The summed E-state index contributed by atoms with van der Waals surface area (Å²) in [4.78, 5) is 28.3. The number of hydrogen-bond donors (Lipinski definition) is 2. The molecule has 0 aliphatic heterocycles. The molecule has 2 N–H and O–H groups in total. The Bertz CT molecular complexity index is 657. The summed E-state index contributed by atoms with van der Waals surface area (Å²) in [6.45, 7) is 2.67. The number of aromatic nitrogens is 1. The van der Waals surface area contributed by atoms with Crippen molar-refractivity contribution < 1.29 is 14.3 Å². The Kier molecular flexibility index (Phi) is 6.34. The van der Waals surface area contributed by atoms with E-state index in [1.54, 1.807) is 23.6 Å². The second-order valence-corrected chi connectivity index (χ2v) is 6.76. The van der Waals surface area contributed by atoms with Crippen LogP contribution in [0.2, 0.25) is 0 Å². The van der Waals surface area contributed by atoms with Crippen molar-refractivity contribution in [3.05, 3.63) is 27.0 Å². The Hall–Kier alpha value is -1.45. The van der Waals surface area contributed by atoms with Crippen LogP contribution in [-0.4, -0.2) is 36.7 Å². The molecule has 0 unspecified atom stereocenters. The number of halogens is 1. The van der Waals surface area contributed by atoms with Crippen LogP contribution in [0.15, 0.2) is 21.3 Å². The maximum atomic E-state index is 11.9. The molecule has 0 saturated carbocycles. The van der Waals surface area contributed by atoms with E-state index < -0.39 is 6.09 Å². The summed E-state index contributed by atoms with van der Waals surface area (Å²) in [7, 11) is 0. The van der Waals surface area contributed by atoms with E-state index in [0.717, 1.165) is 14.4 Å². The van der Waals surface area contributed by atoms with E-state index in [1.165, 1.54) is 11.3 Å². The standard InChI is InChI=1S/C13H14BrN3O3S2/c1-2-20-13(19)16-4-3-15-11(18)9-7-22-12(17-9)10-5-8(14)6-21-10/h5-7H,2-4H2,1H3,(H,15,18)(H,16,19). The molecule has 2 aromatic rings. The maximum absolute atomic E-state index is 11.9. The van der Waals surface area contributed by atoms with Crippen molar-refractivity contribution in [3.8, 4) is 9.88 Å². The number of nitrogens with zero attached hydrogens (tertiary/aromatic N) is 1. The van der Waals surface area contributed by atoms with Crippen LogP contribution < -0.4 is 10.6 Å². The van der Waals surface area contributed by atoms with Gasteiger partial charge >= 0.3 is 6.09 Å². The Labute approximate surface area is 144 Å². The largest absolute Gasteiger partial charge is 0.450 e. The van der Waals surface area contributed by atoms with Gasteiger partial charge in [-0.05, 0) is 28.9 Å². The fourth-order valence-corrected chi connectivity index (χ4v) is 3.84. The molecule has 0 fully saturated rings. The second kappa shape index (κ2) is 8.25. The van der Waals surface area contributed by atoms with Gasteiger partial charge < -0.3 is 15.4 Å². The fourth-order valence-electron chi connectivity index (χ4n) is 1.53. The molecular weight excluding hydrogens is 390 g/mol. The van der Waals surface area contributed by atoms with Gasteiger partial charge in [0.2, 0.25) is 0 Å². The highest BCUT2D eigenvalue weighted by molar-refractivity contribution is 9.10. The summed E-state index contributed by atoms with van der Waals surface area (Å²) in [6, 6.07) is 1.97. The first kappa shape index (κ1) is 16.9. The first-order valence-electron chi connectivity index (χ1n) is 6.49. The first-order chi connectivity index (χ1) is 10.6. The molecule has 2 aromatic heterocycles. The normalized spacial score (nSPS) is 10.3. The van der Waals surface area contributed by atoms with E-state index in [2.05, 4.69) is 31.5 Å². The van der Waals surface area contributed by atoms with Crippen LogP contribution in [0, 0.1) is 0 Å². The number of thiophene rings is 1. The second-order valence-electron chi connectivity index (χ2n) is 4.07. The molecule has 9 heteroatoms. The van der Waals surface area contributed by atoms with Crippen LogP contribution in [0.5, 0.6) is 0 Å². The smallest absolute Gasteiger partial charge is 0.407 e. The Morgan fingerprint density at radius 2 is 2.05 bits per heavy atom. The quantitative estimate of drug-likeness (QED) is 0.726. The molecule has 118 valence electrons. The van der Waals surface area contributed by atoms with E-state index in [0.29, 0.717) is 25.4 Å². The molecule has 2 heterocycles. The topological polar surface area (TPSA) is 80.3 Å². The average molecular weight is 404 g/mol. The molecule has 6 nitrogen and oxygen atoms in total. The summed E-state index contributed by atoms with van der Waals surface area (Å²) in [5.74, 6) is -0.260. The molecule has 0 radical (unpaired) electrons. The summed E-state index contributed by atoms with van der Waals surface area (Å²) in [6.07, 6.45) is -0.490. The Balaban J connectivity index is 1.81. The lowest BCUT2D eigenvalue weighted by atomic mass is 10.4. The highest BCUT2D eigenvalue weighted by atomic mass is 79.9. The number of alkyl carbamates (subject to hydrolysis) is 1. The summed E-state index contributed by atoms with van der Waals surface area (Å²) >= 11 is 6.38. The lowest BCUT2D eigenvalue weighted by Crippen LogP contribution is -2.35. The third kappa shape index (κ3) is 4.79. The van der Waals surface area contributed by atoms with Crippen molar-refractivity contribution in [2.24, 2.45) is 0 Å². The zero-order valence-corrected chi connectivity index (χ0v) is 14.9. The van der Waals surface area contributed by atoms with E-state index in [-0.39, 0.29) is 5.91 Å². The molecule has 0 atom stereocenters. The number of ether oxygens (including phenoxy) is 1. The van der Waals surface area contributed by atoms with Crippen molar-refractivity contribution >= 4 is 50.6 Å². The number of hydrogen-bond acceptors (Lipinski definition) is 6. The highest BCUT2D eigenvalue weighted by Crippen LogP contribution is 2.31. The van der Waals surface area contributed by atoms with Crippen molar-refractivity contribution in [1.29, 1.82) is 0 Å². The van der Waals surface area contributed by atoms with Gasteiger partial charge in [0, 0.05) is 28.3 Å². The predicted octanol–water partition coefficient (Wildman–Crippen LogP) is 3.11. The zero-order valence-electron chi connectivity index (χ0n) is 11.7. The molecule has 2 rings (SSSR count). The van der Waals surface area contributed by atoms with Crippen LogP contribution in [0.1, 0.15) is 17.4 Å². The van der Waals surface area contributed by atoms with Gasteiger partial charge in [-0.2, -0.15) is 0 Å². The van der Waals surface area contributed by atoms with Crippen molar-refractivity contribution in [2.75, 3.05) is 19.7 Å². The van der Waals surface area contributed by atoms with Crippen LogP contribution in [0.3, 0.4) is 0 Å². The fraction of sp³-hybridized carbons (Fsp3) is 0.308. The van der Waals surface area contributed by atoms with Gasteiger partial charge in [0.15, 0.2) is 0 Å². The third-order valence-electron chi connectivity index (χ3n) is 2.47. The van der Waals surface area contributed by atoms with Crippen molar-refractivity contribution in [3.63, 3.8) is 0 Å². The monoisotopic (exact) mass is 403 g/mol. The highest BCUT2D eigenvalue weighted by Gasteiger charge is 2.12. The van der Waals surface area contributed by atoms with E-state index >= 15 is 0 Å². The Morgan fingerprint density at radius 3 is 2.73 bits per heavy atom. The summed E-state index contributed by atoms with van der Waals surface area (Å²) in [5, 5.41) is 9.72. The number of amides is 2. The van der Waals surface area contributed by atoms with Gasteiger partial charge in [0.25, 0.3) is 5.91 Å². The number of rotatable bonds is 6. The molecular formula is C13H14BrN3O3S2.